The zero-order valence-corrected chi connectivity index (χ0v) is 12.5. The van der Waals surface area contributed by atoms with Gasteiger partial charge in [-0.2, -0.15) is 0 Å². The summed E-state index contributed by atoms with van der Waals surface area (Å²) in [5, 5.41) is 1.16. The summed E-state index contributed by atoms with van der Waals surface area (Å²) < 4.78 is 0. The highest BCUT2D eigenvalue weighted by Crippen LogP contribution is 2.17. The molecule has 0 N–H and O–H groups in total. The average Bonchev–Trinajstić information content (AvgIpc) is 2.42. The van der Waals surface area contributed by atoms with E-state index >= 15 is 0 Å². The predicted molar refractivity (Wildman–Crippen MR) is 81.6 cm³/mol. The van der Waals surface area contributed by atoms with Gasteiger partial charge in [-0.05, 0) is 27.0 Å². The number of piperazine rings is 1. The fourth-order valence-electron chi connectivity index (χ4n) is 2.96. The van der Waals surface area contributed by atoms with Crippen LogP contribution in [-0.2, 0) is 6.54 Å². The van der Waals surface area contributed by atoms with Gasteiger partial charge < -0.3 is 4.90 Å². The van der Waals surface area contributed by atoms with Crippen molar-refractivity contribution >= 4 is 10.9 Å². The highest BCUT2D eigenvalue weighted by Gasteiger charge is 2.22. The molecule has 0 spiro atoms. The van der Waals surface area contributed by atoms with Crippen LogP contribution in [0.3, 0.4) is 0 Å². The number of fused-ring (bicyclic) bond motifs is 1. The van der Waals surface area contributed by atoms with Crippen LogP contribution in [0.4, 0.5) is 0 Å². The molecule has 0 amide bonds. The molecule has 1 atom stereocenters. The summed E-state index contributed by atoms with van der Waals surface area (Å²) in [5.74, 6) is 0.942. The molecule has 2 heterocycles. The molecule has 1 fully saturated rings. The Morgan fingerprint density at radius 2 is 2.00 bits per heavy atom. The lowest BCUT2D eigenvalue weighted by molar-refractivity contribution is 0.0915. The molecule has 1 saturated heterocycles. The first-order chi connectivity index (χ1) is 9.63. The lowest BCUT2D eigenvalue weighted by atomic mass is 10.2. The van der Waals surface area contributed by atoms with Crippen LogP contribution in [0.5, 0.6) is 0 Å². The van der Waals surface area contributed by atoms with Crippen LogP contribution in [0.2, 0.25) is 0 Å². The van der Waals surface area contributed by atoms with E-state index in [4.69, 9.17) is 4.98 Å². The number of benzene rings is 1. The number of nitrogens with zero attached hydrogens (tertiary/aromatic N) is 4. The zero-order chi connectivity index (χ0) is 14.1. The van der Waals surface area contributed by atoms with Gasteiger partial charge in [0.2, 0.25) is 0 Å². The first kappa shape index (κ1) is 13.5. The molecule has 106 valence electrons. The van der Waals surface area contributed by atoms with Gasteiger partial charge in [0.15, 0.2) is 0 Å². The second-order valence-corrected chi connectivity index (χ2v) is 5.82. The van der Waals surface area contributed by atoms with Crippen molar-refractivity contribution in [1.29, 1.82) is 0 Å². The second kappa shape index (κ2) is 5.46. The molecule has 20 heavy (non-hydrogen) atoms. The monoisotopic (exact) mass is 270 g/mol. The van der Waals surface area contributed by atoms with Crippen LogP contribution in [0.25, 0.3) is 10.9 Å². The maximum Gasteiger partial charge on any atom is 0.143 e. The third-order valence-corrected chi connectivity index (χ3v) is 4.15. The molecule has 0 saturated carbocycles. The van der Waals surface area contributed by atoms with Crippen molar-refractivity contribution in [3.05, 3.63) is 35.8 Å². The molecule has 0 bridgehead atoms. The topological polar surface area (TPSA) is 32.3 Å². The standard InChI is InChI=1S/C16H22N4/c1-12-10-19(3)8-9-20(12)11-16-17-13(2)14-6-4-5-7-15(14)18-16/h4-7,12H,8-11H2,1-3H3. The quantitative estimate of drug-likeness (QED) is 0.836. The Balaban J connectivity index is 1.84. The molecule has 1 aromatic carbocycles. The fourth-order valence-corrected chi connectivity index (χ4v) is 2.96. The van der Waals surface area contributed by atoms with Gasteiger partial charge in [-0.1, -0.05) is 18.2 Å². The number of rotatable bonds is 2. The van der Waals surface area contributed by atoms with Gasteiger partial charge in [-0.15, -0.1) is 0 Å². The van der Waals surface area contributed by atoms with Gasteiger partial charge in [0.25, 0.3) is 0 Å². The lowest BCUT2D eigenvalue weighted by Crippen LogP contribution is -2.50. The number of likely N-dealkylation sites (N-methyl/N-ethyl adjacent to an activating group) is 1. The van der Waals surface area contributed by atoms with Gasteiger partial charge in [0, 0.05) is 36.8 Å². The number of aromatic nitrogens is 2. The van der Waals surface area contributed by atoms with Crippen LogP contribution in [0.1, 0.15) is 18.4 Å². The molecular weight excluding hydrogens is 248 g/mol. The largest absolute Gasteiger partial charge is 0.304 e. The van der Waals surface area contributed by atoms with Gasteiger partial charge in [-0.25, -0.2) is 9.97 Å². The van der Waals surface area contributed by atoms with Gasteiger partial charge in [-0.3, -0.25) is 4.90 Å². The summed E-state index contributed by atoms with van der Waals surface area (Å²) in [4.78, 5) is 14.3. The first-order valence-electron chi connectivity index (χ1n) is 7.28. The minimum absolute atomic E-state index is 0.559. The number of para-hydroxylation sites is 1. The number of hydrogen-bond acceptors (Lipinski definition) is 4. The Morgan fingerprint density at radius 1 is 1.20 bits per heavy atom. The van der Waals surface area contributed by atoms with Crippen LogP contribution >= 0.6 is 0 Å². The summed E-state index contributed by atoms with van der Waals surface area (Å²) >= 11 is 0. The zero-order valence-electron chi connectivity index (χ0n) is 12.5. The summed E-state index contributed by atoms with van der Waals surface area (Å²) in [6, 6.07) is 8.80. The Kier molecular flexibility index (Phi) is 3.68. The number of aryl methyl sites for hydroxylation is 1. The molecule has 1 unspecified atom stereocenters. The van der Waals surface area contributed by atoms with Crippen LogP contribution in [0, 0.1) is 6.92 Å². The van der Waals surface area contributed by atoms with Crippen molar-refractivity contribution in [3.63, 3.8) is 0 Å². The summed E-state index contributed by atoms with van der Waals surface area (Å²) in [6.45, 7) is 8.53. The summed E-state index contributed by atoms with van der Waals surface area (Å²) in [7, 11) is 2.19. The Morgan fingerprint density at radius 3 is 2.80 bits per heavy atom. The highest BCUT2D eigenvalue weighted by molar-refractivity contribution is 5.80. The van der Waals surface area contributed by atoms with E-state index in [2.05, 4.69) is 47.8 Å². The Hall–Kier alpha value is -1.52. The molecule has 2 aromatic rings. The van der Waals surface area contributed by atoms with Gasteiger partial charge in [0.05, 0.1) is 12.1 Å². The van der Waals surface area contributed by atoms with E-state index < -0.39 is 0 Å². The van der Waals surface area contributed by atoms with Crippen molar-refractivity contribution in [2.24, 2.45) is 0 Å². The summed E-state index contributed by atoms with van der Waals surface area (Å²) in [6.07, 6.45) is 0. The van der Waals surface area contributed by atoms with Crippen LogP contribution in [0.15, 0.2) is 24.3 Å². The molecule has 4 heteroatoms. The highest BCUT2D eigenvalue weighted by atomic mass is 15.3. The molecule has 3 rings (SSSR count). The summed E-state index contributed by atoms with van der Waals surface area (Å²) in [5.41, 5.74) is 2.13. The van der Waals surface area contributed by atoms with E-state index in [1.54, 1.807) is 0 Å². The van der Waals surface area contributed by atoms with Crippen molar-refractivity contribution in [1.82, 2.24) is 19.8 Å². The predicted octanol–water partition coefficient (Wildman–Crippen LogP) is 2.07. The maximum absolute atomic E-state index is 4.72. The van der Waals surface area contributed by atoms with Crippen molar-refractivity contribution in [3.8, 4) is 0 Å². The van der Waals surface area contributed by atoms with E-state index in [1.807, 2.05) is 12.1 Å². The van der Waals surface area contributed by atoms with E-state index in [1.165, 1.54) is 0 Å². The smallest absolute Gasteiger partial charge is 0.143 e. The lowest BCUT2D eigenvalue weighted by Gasteiger charge is -2.37. The fraction of sp³-hybridized carbons (Fsp3) is 0.500. The Bertz CT molecular complexity index is 610. The molecular formula is C16H22N4. The second-order valence-electron chi connectivity index (χ2n) is 5.82. The minimum atomic E-state index is 0.559. The minimum Gasteiger partial charge on any atom is -0.304 e. The Labute approximate surface area is 120 Å². The van der Waals surface area contributed by atoms with Crippen molar-refractivity contribution < 1.29 is 0 Å². The van der Waals surface area contributed by atoms with Crippen LogP contribution < -0.4 is 0 Å². The van der Waals surface area contributed by atoms with E-state index in [0.29, 0.717) is 6.04 Å². The van der Waals surface area contributed by atoms with Gasteiger partial charge in [0.1, 0.15) is 5.82 Å². The van der Waals surface area contributed by atoms with Gasteiger partial charge >= 0.3 is 0 Å². The molecule has 1 aliphatic heterocycles. The normalized spacial score (nSPS) is 21.4. The SMILES string of the molecule is Cc1nc(CN2CCN(C)CC2C)nc2ccccc12. The average molecular weight is 270 g/mol. The van der Waals surface area contributed by atoms with Crippen molar-refractivity contribution in [2.75, 3.05) is 26.7 Å². The maximum atomic E-state index is 4.72. The van der Waals surface area contributed by atoms with E-state index in [0.717, 1.165) is 48.6 Å². The third kappa shape index (κ3) is 2.67. The van der Waals surface area contributed by atoms with E-state index in [-0.39, 0.29) is 0 Å². The first-order valence-corrected chi connectivity index (χ1v) is 7.28. The molecule has 0 radical (unpaired) electrons. The number of hydrogen-bond donors (Lipinski definition) is 0. The third-order valence-electron chi connectivity index (χ3n) is 4.15. The van der Waals surface area contributed by atoms with Crippen LogP contribution in [-0.4, -0.2) is 52.5 Å². The van der Waals surface area contributed by atoms with Crippen molar-refractivity contribution in [2.45, 2.75) is 26.4 Å². The molecule has 0 aliphatic carbocycles. The molecule has 1 aromatic heterocycles. The van der Waals surface area contributed by atoms with E-state index in [9.17, 15) is 0 Å². The molecule has 4 nitrogen and oxygen atoms in total. The molecule has 1 aliphatic rings.